The topological polar surface area (TPSA) is 29.3 Å². The predicted molar refractivity (Wildman–Crippen MR) is 78.7 cm³/mol. The normalized spacial score (nSPS) is 27.5. The molecule has 2 nitrogen and oxygen atoms in total. The summed E-state index contributed by atoms with van der Waals surface area (Å²) in [4.78, 5) is 2.66. The van der Waals surface area contributed by atoms with Crippen LogP contribution >= 0.6 is 0 Å². The average Bonchev–Trinajstić information content (AvgIpc) is 2.85. The van der Waals surface area contributed by atoms with Gasteiger partial charge in [-0.3, -0.25) is 0 Å². The van der Waals surface area contributed by atoms with Crippen LogP contribution in [0.1, 0.15) is 71.6 Å². The highest BCUT2D eigenvalue weighted by molar-refractivity contribution is 4.91. The summed E-state index contributed by atoms with van der Waals surface area (Å²) in [5.74, 6) is 0. The molecule has 1 saturated carbocycles. The van der Waals surface area contributed by atoms with Crippen molar-refractivity contribution >= 4 is 0 Å². The molecule has 0 radical (unpaired) electrons. The second-order valence-corrected chi connectivity index (χ2v) is 6.87. The summed E-state index contributed by atoms with van der Waals surface area (Å²) >= 11 is 0. The van der Waals surface area contributed by atoms with Crippen LogP contribution in [-0.2, 0) is 0 Å². The van der Waals surface area contributed by atoms with Crippen LogP contribution in [0.25, 0.3) is 0 Å². The Morgan fingerprint density at radius 2 is 1.50 bits per heavy atom. The molecule has 106 valence electrons. The standard InChI is InChI=1S/C16H32N2/c1-3-15(4-2)9-12-18(13-10-15)14-11-16(17)7-5-6-8-16/h3-14,17H2,1-2H3. The van der Waals surface area contributed by atoms with Crippen LogP contribution < -0.4 is 5.73 Å². The largest absolute Gasteiger partial charge is 0.325 e. The van der Waals surface area contributed by atoms with Crippen molar-refractivity contribution in [1.29, 1.82) is 0 Å². The van der Waals surface area contributed by atoms with Crippen molar-refractivity contribution in [3.05, 3.63) is 0 Å². The lowest BCUT2D eigenvalue weighted by molar-refractivity contribution is 0.0898. The Bertz CT molecular complexity index is 242. The van der Waals surface area contributed by atoms with Gasteiger partial charge in [-0.2, -0.15) is 0 Å². The minimum Gasteiger partial charge on any atom is -0.325 e. The van der Waals surface area contributed by atoms with Crippen molar-refractivity contribution in [2.45, 2.75) is 77.2 Å². The second kappa shape index (κ2) is 5.92. The van der Waals surface area contributed by atoms with Gasteiger partial charge in [-0.25, -0.2) is 0 Å². The van der Waals surface area contributed by atoms with E-state index in [0.29, 0.717) is 5.41 Å². The molecule has 2 fully saturated rings. The van der Waals surface area contributed by atoms with Crippen molar-refractivity contribution in [2.75, 3.05) is 19.6 Å². The Balaban J connectivity index is 1.73. The molecular weight excluding hydrogens is 220 g/mol. The van der Waals surface area contributed by atoms with Crippen LogP contribution in [0.15, 0.2) is 0 Å². The summed E-state index contributed by atoms with van der Waals surface area (Å²) in [5.41, 5.74) is 7.30. The van der Waals surface area contributed by atoms with Crippen molar-refractivity contribution < 1.29 is 0 Å². The fraction of sp³-hybridized carbons (Fsp3) is 1.00. The lowest BCUT2D eigenvalue weighted by atomic mass is 9.74. The fourth-order valence-corrected chi connectivity index (χ4v) is 3.92. The minimum absolute atomic E-state index is 0.185. The molecule has 0 bridgehead atoms. The van der Waals surface area contributed by atoms with E-state index < -0.39 is 0 Å². The first-order valence-corrected chi connectivity index (χ1v) is 8.13. The van der Waals surface area contributed by atoms with Crippen molar-refractivity contribution in [2.24, 2.45) is 11.1 Å². The molecule has 2 heteroatoms. The first-order valence-electron chi connectivity index (χ1n) is 8.13. The number of nitrogens with zero attached hydrogens (tertiary/aromatic N) is 1. The Morgan fingerprint density at radius 3 is 2.00 bits per heavy atom. The van der Waals surface area contributed by atoms with Gasteiger partial charge in [0.1, 0.15) is 0 Å². The SMILES string of the molecule is CCC1(CC)CCN(CCC2(N)CCCC2)CC1. The van der Waals surface area contributed by atoms with Crippen LogP contribution in [0.5, 0.6) is 0 Å². The van der Waals surface area contributed by atoms with E-state index in [1.54, 1.807) is 0 Å². The molecule has 0 unspecified atom stereocenters. The summed E-state index contributed by atoms with van der Waals surface area (Å²) in [6.07, 6.45) is 12.0. The second-order valence-electron chi connectivity index (χ2n) is 6.87. The summed E-state index contributed by atoms with van der Waals surface area (Å²) < 4.78 is 0. The molecular formula is C16H32N2. The lowest BCUT2D eigenvalue weighted by Crippen LogP contribution is -2.44. The van der Waals surface area contributed by atoms with E-state index in [1.807, 2.05) is 0 Å². The zero-order valence-corrected chi connectivity index (χ0v) is 12.5. The number of rotatable bonds is 5. The van der Waals surface area contributed by atoms with Gasteiger partial charge < -0.3 is 10.6 Å². The molecule has 2 aliphatic rings. The van der Waals surface area contributed by atoms with E-state index in [2.05, 4.69) is 18.7 Å². The molecule has 1 heterocycles. The fourth-order valence-electron chi connectivity index (χ4n) is 3.92. The summed E-state index contributed by atoms with van der Waals surface area (Å²) in [7, 11) is 0. The van der Waals surface area contributed by atoms with E-state index in [9.17, 15) is 0 Å². The van der Waals surface area contributed by atoms with E-state index in [0.717, 1.165) is 0 Å². The van der Waals surface area contributed by atoms with E-state index in [1.165, 1.54) is 77.4 Å². The van der Waals surface area contributed by atoms with Gasteiger partial charge in [0.05, 0.1) is 0 Å². The first kappa shape index (κ1) is 14.3. The van der Waals surface area contributed by atoms with Gasteiger partial charge in [0.2, 0.25) is 0 Å². The number of piperidine rings is 1. The van der Waals surface area contributed by atoms with Crippen LogP contribution in [0.2, 0.25) is 0 Å². The molecule has 0 amide bonds. The van der Waals surface area contributed by atoms with Crippen molar-refractivity contribution in [1.82, 2.24) is 4.90 Å². The Hall–Kier alpha value is -0.0800. The molecule has 0 aromatic rings. The average molecular weight is 252 g/mol. The molecule has 1 saturated heterocycles. The molecule has 0 atom stereocenters. The van der Waals surface area contributed by atoms with E-state index in [-0.39, 0.29) is 5.54 Å². The van der Waals surface area contributed by atoms with E-state index >= 15 is 0 Å². The van der Waals surface area contributed by atoms with Gasteiger partial charge >= 0.3 is 0 Å². The van der Waals surface area contributed by atoms with Gasteiger partial charge in [-0.1, -0.05) is 39.5 Å². The highest BCUT2D eigenvalue weighted by Gasteiger charge is 2.33. The zero-order chi connectivity index (χ0) is 13.1. The van der Waals surface area contributed by atoms with E-state index in [4.69, 9.17) is 5.73 Å². The molecule has 1 aliphatic heterocycles. The Labute approximate surface area is 113 Å². The lowest BCUT2D eigenvalue weighted by Gasteiger charge is -2.41. The summed E-state index contributed by atoms with van der Waals surface area (Å²) in [6, 6.07) is 0. The molecule has 1 aliphatic carbocycles. The highest BCUT2D eigenvalue weighted by atomic mass is 15.1. The van der Waals surface area contributed by atoms with Crippen molar-refractivity contribution in [3.8, 4) is 0 Å². The minimum atomic E-state index is 0.185. The van der Waals surface area contributed by atoms with Gasteiger partial charge in [-0.15, -0.1) is 0 Å². The van der Waals surface area contributed by atoms with Gasteiger partial charge in [-0.05, 0) is 57.2 Å². The van der Waals surface area contributed by atoms with Crippen LogP contribution in [0.4, 0.5) is 0 Å². The maximum absolute atomic E-state index is 6.46. The van der Waals surface area contributed by atoms with Crippen LogP contribution in [0.3, 0.4) is 0 Å². The van der Waals surface area contributed by atoms with Crippen LogP contribution in [-0.4, -0.2) is 30.1 Å². The number of likely N-dealkylation sites (tertiary alicyclic amines) is 1. The summed E-state index contributed by atoms with van der Waals surface area (Å²) in [5, 5.41) is 0. The highest BCUT2D eigenvalue weighted by Crippen LogP contribution is 2.38. The van der Waals surface area contributed by atoms with Gasteiger partial charge in [0, 0.05) is 5.54 Å². The Morgan fingerprint density at radius 1 is 0.944 bits per heavy atom. The Kier molecular flexibility index (Phi) is 4.71. The molecule has 2 rings (SSSR count). The number of nitrogens with two attached hydrogens (primary N) is 1. The maximum atomic E-state index is 6.46. The number of hydrogen-bond donors (Lipinski definition) is 1. The molecule has 2 N–H and O–H groups in total. The van der Waals surface area contributed by atoms with Crippen LogP contribution in [0, 0.1) is 5.41 Å². The maximum Gasteiger partial charge on any atom is 0.0166 e. The number of hydrogen-bond acceptors (Lipinski definition) is 2. The predicted octanol–water partition coefficient (Wildman–Crippen LogP) is 3.55. The quantitative estimate of drug-likeness (QED) is 0.811. The molecule has 0 aromatic carbocycles. The monoisotopic (exact) mass is 252 g/mol. The van der Waals surface area contributed by atoms with Gasteiger partial charge in [0.15, 0.2) is 0 Å². The molecule has 0 spiro atoms. The first-order chi connectivity index (χ1) is 8.61. The molecule has 0 aromatic heterocycles. The van der Waals surface area contributed by atoms with Crippen molar-refractivity contribution in [3.63, 3.8) is 0 Å². The smallest absolute Gasteiger partial charge is 0.0166 e. The zero-order valence-electron chi connectivity index (χ0n) is 12.5. The third-order valence-electron chi connectivity index (χ3n) is 5.94. The summed E-state index contributed by atoms with van der Waals surface area (Å²) in [6.45, 7) is 8.58. The third-order valence-corrected chi connectivity index (χ3v) is 5.94. The molecule has 18 heavy (non-hydrogen) atoms. The third kappa shape index (κ3) is 3.27. The van der Waals surface area contributed by atoms with Gasteiger partial charge in [0.25, 0.3) is 0 Å².